The number of nitrogens with zero attached hydrogens (tertiary/aromatic N) is 2. The van der Waals surface area contributed by atoms with Gasteiger partial charge < -0.3 is 10.1 Å². The zero-order chi connectivity index (χ0) is 22.8. The Hall–Kier alpha value is -2.41. The number of thioether (sulfide) groups is 1. The summed E-state index contributed by atoms with van der Waals surface area (Å²) < 4.78 is 6.14. The molecule has 1 amide bonds. The number of fused-ring (bicyclic) bond motifs is 3. The van der Waals surface area contributed by atoms with E-state index in [-0.39, 0.29) is 23.5 Å². The van der Waals surface area contributed by atoms with Gasteiger partial charge in [-0.1, -0.05) is 42.5 Å². The van der Waals surface area contributed by atoms with Crippen LogP contribution < -0.4 is 5.32 Å². The van der Waals surface area contributed by atoms with E-state index in [0.29, 0.717) is 5.75 Å². The van der Waals surface area contributed by atoms with Crippen LogP contribution in [-0.2, 0) is 21.5 Å². The topological polar surface area (TPSA) is 54.5 Å². The molecule has 0 saturated carbocycles. The maximum Gasteiger partial charge on any atom is 0.230 e. The van der Waals surface area contributed by atoms with Gasteiger partial charge >= 0.3 is 0 Å². The number of hydrogen-bond acceptors (Lipinski definition) is 5. The highest BCUT2D eigenvalue weighted by atomic mass is 32.2. The Kier molecular flexibility index (Phi) is 6.41. The molecule has 1 fully saturated rings. The molecule has 172 valence electrons. The number of hydrogen-bond donors (Lipinski definition) is 1. The summed E-state index contributed by atoms with van der Waals surface area (Å²) in [6.45, 7) is 2.94. The third kappa shape index (κ3) is 4.05. The standard InChI is InChI=1S/C27H31N3O2S/c1-32-26-25(29-24(31)18-33-2)22-8-3-4-9-23(22)27(26)11-14-30(15-12-27)17-20-7-5-6-19-16-28-13-10-21(19)20/h3-10,13,16,25-26H,11-12,14-15,17-18H2,1-2H3,(H,29,31)/t25-,26+/m0/s1. The molecule has 1 aliphatic carbocycles. The zero-order valence-electron chi connectivity index (χ0n) is 19.3. The van der Waals surface area contributed by atoms with E-state index in [1.54, 1.807) is 18.9 Å². The monoisotopic (exact) mass is 461 g/mol. The second-order valence-corrected chi connectivity index (χ2v) is 10.0. The number of piperidine rings is 1. The molecule has 0 bridgehead atoms. The molecule has 1 aliphatic heterocycles. The van der Waals surface area contributed by atoms with Crippen LogP contribution in [0.4, 0.5) is 0 Å². The smallest absolute Gasteiger partial charge is 0.230 e. The van der Waals surface area contributed by atoms with Gasteiger partial charge in [0.05, 0.1) is 17.9 Å². The van der Waals surface area contributed by atoms with Crippen LogP contribution in [0.2, 0.25) is 0 Å². The number of likely N-dealkylation sites (tertiary alicyclic amines) is 1. The lowest BCUT2D eigenvalue weighted by atomic mass is 9.71. The molecule has 0 radical (unpaired) electrons. The summed E-state index contributed by atoms with van der Waals surface area (Å²) >= 11 is 1.55. The van der Waals surface area contributed by atoms with Gasteiger partial charge in [-0.15, -0.1) is 0 Å². The second-order valence-electron chi connectivity index (χ2n) is 9.17. The van der Waals surface area contributed by atoms with Gasteiger partial charge in [0.15, 0.2) is 0 Å². The molecule has 2 heterocycles. The fourth-order valence-corrected chi connectivity index (χ4v) is 6.30. The highest BCUT2D eigenvalue weighted by Crippen LogP contribution is 2.52. The normalized spacial score (nSPS) is 21.9. The lowest BCUT2D eigenvalue weighted by Gasteiger charge is -2.44. The van der Waals surface area contributed by atoms with Crippen LogP contribution in [0.15, 0.2) is 60.9 Å². The Balaban J connectivity index is 1.38. The number of benzene rings is 2. The van der Waals surface area contributed by atoms with Crippen molar-refractivity contribution in [2.45, 2.75) is 36.9 Å². The van der Waals surface area contributed by atoms with Gasteiger partial charge in [-0.25, -0.2) is 0 Å². The Labute approximate surface area is 199 Å². The summed E-state index contributed by atoms with van der Waals surface area (Å²) in [4.78, 5) is 19.3. The predicted molar refractivity (Wildman–Crippen MR) is 134 cm³/mol. The molecule has 33 heavy (non-hydrogen) atoms. The van der Waals surface area contributed by atoms with Gasteiger partial charge in [0.25, 0.3) is 0 Å². The van der Waals surface area contributed by atoms with Crippen LogP contribution in [0.5, 0.6) is 0 Å². The van der Waals surface area contributed by atoms with Crippen molar-refractivity contribution in [1.29, 1.82) is 0 Å². The largest absolute Gasteiger partial charge is 0.378 e. The van der Waals surface area contributed by atoms with Crippen LogP contribution in [-0.4, -0.2) is 54.1 Å². The SMILES string of the molecule is CO[C@@H]1[C@@H](NC(=O)CSC)c2ccccc2C12CCN(Cc1cccc3cnccc13)CC2. The van der Waals surface area contributed by atoms with E-state index in [0.717, 1.165) is 32.5 Å². The molecule has 1 saturated heterocycles. The summed E-state index contributed by atoms with van der Waals surface area (Å²) in [7, 11) is 1.79. The average molecular weight is 462 g/mol. The van der Waals surface area contributed by atoms with E-state index in [1.165, 1.54) is 27.5 Å². The maximum atomic E-state index is 12.5. The van der Waals surface area contributed by atoms with Crippen molar-refractivity contribution >= 4 is 28.4 Å². The summed E-state index contributed by atoms with van der Waals surface area (Å²) in [5, 5.41) is 5.75. The van der Waals surface area contributed by atoms with Crippen molar-refractivity contribution < 1.29 is 9.53 Å². The van der Waals surface area contributed by atoms with Gasteiger partial charge in [0.2, 0.25) is 5.91 Å². The molecule has 5 nitrogen and oxygen atoms in total. The van der Waals surface area contributed by atoms with Gasteiger partial charge in [0, 0.05) is 36.8 Å². The number of carbonyl (C=O) groups is 1. The predicted octanol–water partition coefficient (Wildman–Crippen LogP) is 4.32. The van der Waals surface area contributed by atoms with Crippen molar-refractivity contribution in [2.24, 2.45) is 0 Å². The summed E-state index contributed by atoms with van der Waals surface area (Å²) in [6, 6.07) is 17.1. The van der Waals surface area contributed by atoms with Crippen molar-refractivity contribution in [1.82, 2.24) is 15.2 Å². The van der Waals surface area contributed by atoms with E-state index >= 15 is 0 Å². The number of carbonyl (C=O) groups excluding carboxylic acids is 1. The summed E-state index contributed by atoms with van der Waals surface area (Å²) in [5.41, 5.74) is 3.85. The summed E-state index contributed by atoms with van der Waals surface area (Å²) in [5.74, 6) is 0.542. The van der Waals surface area contributed by atoms with E-state index < -0.39 is 0 Å². The first kappa shape index (κ1) is 22.4. The average Bonchev–Trinajstić information content (AvgIpc) is 3.09. The third-order valence-electron chi connectivity index (χ3n) is 7.44. The van der Waals surface area contributed by atoms with Crippen molar-refractivity contribution in [3.8, 4) is 0 Å². The van der Waals surface area contributed by atoms with Crippen LogP contribution in [0.1, 0.15) is 35.6 Å². The van der Waals surface area contributed by atoms with E-state index in [1.807, 2.05) is 18.6 Å². The van der Waals surface area contributed by atoms with Gasteiger partial charge in [-0.3, -0.25) is 14.7 Å². The van der Waals surface area contributed by atoms with Crippen LogP contribution in [0, 0.1) is 0 Å². The second kappa shape index (κ2) is 9.45. The summed E-state index contributed by atoms with van der Waals surface area (Å²) in [6.07, 6.45) is 7.76. The zero-order valence-corrected chi connectivity index (χ0v) is 20.1. The van der Waals surface area contributed by atoms with E-state index in [4.69, 9.17) is 4.74 Å². The van der Waals surface area contributed by atoms with Gasteiger partial charge in [0.1, 0.15) is 0 Å². The molecule has 2 atom stereocenters. The number of amides is 1. The fraction of sp³-hybridized carbons (Fsp3) is 0.407. The molecule has 2 aromatic carbocycles. The molecule has 5 rings (SSSR count). The lowest BCUT2D eigenvalue weighted by Crippen LogP contribution is -2.50. The number of nitrogens with one attached hydrogen (secondary N) is 1. The van der Waals surface area contributed by atoms with Crippen molar-refractivity contribution in [2.75, 3.05) is 32.2 Å². The number of methoxy groups -OCH3 is 1. The molecule has 6 heteroatoms. The fourth-order valence-electron chi connectivity index (χ4n) is 5.95. The van der Waals surface area contributed by atoms with Crippen molar-refractivity contribution in [3.05, 3.63) is 77.6 Å². The third-order valence-corrected chi connectivity index (χ3v) is 7.99. The number of aromatic nitrogens is 1. The number of ether oxygens (including phenoxy) is 1. The molecule has 3 aromatic rings. The Morgan fingerprint density at radius 3 is 2.79 bits per heavy atom. The van der Waals surface area contributed by atoms with Crippen LogP contribution >= 0.6 is 11.8 Å². The minimum absolute atomic E-state index is 0.0496. The lowest BCUT2D eigenvalue weighted by molar-refractivity contribution is -0.121. The molecular weight excluding hydrogens is 430 g/mol. The van der Waals surface area contributed by atoms with Crippen LogP contribution in [0.3, 0.4) is 0 Å². The minimum atomic E-state index is -0.0945. The first-order valence-electron chi connectivity index (χ1n) is 11.6. The maximum absolute atomic E-state index is 12.5. The quantitative estimate of drug-likeness (QED) is 0.593. The minimum Gasteiger partial charge on any atom is -0.378 e. The molecule has 1 aromatic heterocycles. The van der Waals surface area contributed by atoms with Crippen LogP contribution in [0.25, 0.3) is 10.8 Å². The van der Waals surface area contributed by atoms with E-state index in [9.17, 15) is 4.79 Å². The molecular formula is C27H31N3O2S. The number of pyridine rings is 1. The first-order valence-corrected chi connectivity index (χ1v) is 13.0. The molecule has 0 unspecified atom stereocenters. The first-order chi connectivity index (χ1) is 16.2. The highest BCUT2D eigenvalue weighted by molar-refractivity contribution is 7.99. The molecule has 1 N–H and O–H groups in total. The van der Waals surface area contributed by atoms with Crippen molar-refractivity contribution in [3.63, 3.8) is 0 Å². The van der Waals surface area contributed by atoms with E-state index in [2.05, 4.69) is 63.7 Å². The highest BCUT2D eigenvalue weighted by Gasteiger charge is 2.53. The number of rotatable bonds is 6. The molecule has 1 spiro atoms. The van der Waals surface area contributed by atoms with Gasteiger partial charge in [-0.2, -0.15) is 11.8 Å². The Bertz CT molecular complexity index is 1140. The Morgan fingerprint density at radius 1 is 1.18 bits per heavy atom. The van der Waals surface area contributed by atoms with Gasteiger partial charge in [-0.05, 0) is 60.3 Å². The Morgan fingerprint density at radius 2 is 2.00 bits per heavy atom. The molecule has 2 aliphatic rings.